The normalized spacial score (nSPS) is 28.5. The van der Waals surface area contributed by atoms with E-state index in [1.54, 1.807) is 0 Å². The van der Waals surface area contributed by atoms with E-state index in [9.17, 15) is 27.5 Å². The minimum Gasteiger partial charge on any atom is -0.549 e. The van der Waals surface area contributed by atoms with Gasteiger partial charge in [0.2, 0.25) is 0 Å². The summed E-state index contributed by atoms with van der Waals surface area (Å²) in [5.41, 5.74) is -3.44. The Morgan fingerprint density at radius 1 is 1.17 bits per heavy atom. The monoisotopic (exact) mass is 281 g/mol. The minimum absolute atomic E-state index is 0.182. The van der Waals surface area contributed by atoms with E-state index in [4.69, 9.17) is 11.6 Å². The first-order valence-electron chi connectivity index (χ1n) is 4.88. The first-order valence-corrected chi connectivity index (χ1v) is 5.26. The van der Waals surface area contributed by atoms with Gasteiger partial charge in [-0.25, -0.2) is 0 Å². The van der Waals surface area contributed by atoms with Crippen molar-refractivity contribution in [3.05, 3.63) is 34.9 Å². The smallest absolute Gasteiger partial charge is 0.325 e. The van der Waals surface area contributed by atoms with E-state index in [-0.39, 0.29) is 5.02 Å². The Morgan fingerprint density at radius 3 is 2.00 bits per heavy atom. The highest BCUT2D eigenvalue weighted by Crippen LogP contribution is 2.63. The largest absolute Gasteiger partial charge is 0.549 e. The third-order valence-electron chi connectivity index (χ3n) is 3.17. The molecule has 0 saturated heterocycles. The highest BCUT2D eigenvalue weighted by Gasteiger charge is 2.81. The zero-order valence-electron chi connectivity index (χ0n) is 8.72. The molecule has 1 aliphatic carbocycles. The molecular formula is C11H6ClF4O2-. The highest BCUT2D eigenvalue weighted by molar-refractivity contribution is 6.30. The van der Waals surface area contributed by atoms with Gasteiger partial charge in [-0.3, -0.25) is 0 Å². The standard InChI is InChI=1S/C11H7ClF4O2/c12-7-3-1-6(2-4-7)9(8(17)18)5-10(13,14)11(9,15)16/h1-4H,5H2,(H,17,18)/p-1. The number of halogens is 5. The number of hydrogen-bond acceptors (Lipinski definition) is 2. The Hall–Kier alpha value is -1.30. The van der Waals surface area contributed by atoms with Crippen LogP contribution in [-0.2, 0) is 10.2 Å². The molecule has 0 aromatic heterocycles. The summed E-state index contributed by atoms with van der Waals surface area (Å²) in [5.74, 6) is -11.3. The van der Waals surface area contributed by atoms with E-state index in [1.807, 2.05) is 0 Å². The molecule has 2 nitrogen and oxygen atoms in total. The Morgan fingerprint density at radius 2 is 1.67 bits per heavy atom. The van der Waals surface area contributed by atoms with E-state index < -0.39 is 35.2 Å². The maximum Gasteiger partial charge on any atom is 0.325 e. The van der Waals surface area contributed by atoms with E-state index in [1.165, 1.54) is 0 Å². The van der Waals surface area contributed by atoms with Crippen LogP contribution < -0.4 is 5.11 Å². The second kappa shape index (κ2) is 3.60. The fourth-order valence-corrected chi connectivity index (χ4v) is 2.22. The molecule has 98 valence electrons. The van der Waals surface area contributed by atoms with E-state index >= 15 is 0 Å². The molecule has 18 heavy (non-hydrogen) atoms. The molecule has 1 saturated carbocycles. The van der Waals surface area contributed by atoms with Crippen molar-refractivity contribution in [3.8, 4) is 0 Å². The van der Waals surface area contributed by atoms with Crippen molar-refractivity contribution in [1.82, 2.24) is 0 Å². The summed E-state index contributed by atoms with van der Waals surface area (Å²) in [5, 5.41) is 11.1. The summed E-state index contributed by atoms with van der Waals surface area (Å²) in [6.45, 7) is 0. The quantitative estimate of drug-likeness (QED) is 0.778. The van der Waals surface area contributed by atoms with Gasteiger partial charge in [0.05, 0.1) is 5.97 Å². The molecule has 0 N–H and O–H groups in total. The van der Waals surface area contributed by atoms with Crippen molar-refractivity contribution >= 4 is 17.6 Å². The van der Waals surface area contributed by atoms with Gasteiger partial charge in [0, 0.05) is 11.4 Å². The number of carbonyl (C=O) groups excluding carboxylic acids is 1. The highest BCUT2D eigenvalue weighted by atomic mass is 35.5. The van der Waals surface area contributed by atoms with Crippen LogP contribution in [0.25, 0.3) is 0 Å². The van der Waals surface area contributed by atoms with Gasteiger partial charge < -0.3 is 9.90 Å². The first-order chi connectivity index (χ1) is 8.15. The van der Waals surface area contributed by atoms with Crippen LogP contribution in [0.2, 0.25) is 5.02 Å². The second-order valence-electron chi connectivity index (χ2n) is 4.16. The third-order valence-corrected chi connectivity index (χ3v) is 3.42. The van der Waals surface area contributed by atoms with Crippen LogP contribution in [0.1, 0.15) is 12.0 Å². The fraction of sp³-hybridized carbons (Fsp3) is 0.364. The van der Waals surface area contributed by atoms with Crippen LogP contribution >= 0.6 is 11.6 Å². The number of hydrogen-bond donors (Lipinski definition) is 0. The van der Waals surface area contributed by atoms with Gasteiger partial charge in [0.15, 0.2) is 0 Å². The summed E-state index contributed by atoms with van der Waals surface area (Å²) in [4.78, 5) is 10.9. The maximum atomic E-state index is 13.5. The molecule has 1 aromatic rings. The Labute approximate surface area is 104 Å². The second-order valence-corrected chi connectivity index (χ2v) is 4.59. The summed E-state index contributed by atoms with van der Waals surface area (Å²) >= 11 is 5.53. The molecule has 0 bridgehead atoms. The molecule has 2 rings (SSSR count). The van der Waals surface area contributed by atoms with Gasteiger partial charge in [0.25, 0.3) is 0 Å². The van der Waals surface area contributed by atoms with Gasteiger partial charge >= 0.3 is 11.8 Å². The molecule has 0 radical (unpaired) electrons. The number of alkyl halides is 4. The van der Waals surface area contributed by atoms with Crippen molar-refractivity contribution < 1.29 is 27.5 Å². The van der Waals surface area contributed by atoms with Crippen LogP contribution in [0.3, 0.4) is 0 Å². The number of carboxylic acids is 1. The number of carboxylic acid groups (broad SMARTS) is 1. The molecule has 1 unspecified atom stereocenters. The number of benzene rings is 1. The molecule has 1 fully saturated rings. The van der Waals surface area contributed by atoms with Crippen molar-refractivity contribution in [1.29, 1.82) is 0 Å². The molecule has 1 atom stereocenters. The van der Waals surface area contributed by atoms with E-state index in [0.29, 0.717) is 0 Å². The molecule has 1 aromatic carbocycles. The van der Waals surface area contributed by atoms with Crippen LogP contribution in [0.15, 0.2) is 24.3 Å². The van der Waals surface area contributed by atoms with Gasteiger partial charge in [-0.2, -0.15) is 17.6 Å². The first kappa shape index (κ1) is 13.1. The Balaban J connectivity index is 2.55. The molecule has 0 heterocycles. The van der Waals surface area contributed by atoms with Crippen LogP contribution in [0.4, 0.5) is 17.6 Å². The average Bonchev–Trinajstić information content (AvgIpc) is 2.26. The van der Waals surface area contributed by atoms with Crippen molar-refractivity contribution in [2.45, 2.75) is 23.7 Å². The van der Waals surface area contributed by atoms with Crippen LogP contribution in [0.5, 0.6) is 0 Å². The summed E-state index contributed by atoms with van der Waals surface area (Å²) in [6, 6.07) is 4.30. The van der Waals surface area contributed by atoms with Gasteiger partial charge in [-0.05, 0) is 17.7 Å². The van der Waals surface area contributed by atoms with Crippen molar-refractivity contribution in [2.75, 3.05) is 0 Å². The predicted octanol–water partition coefficient (Wildman–Crippen LogP) is 2.00. The molecule has 0 aliphatic heterocycles. The Bertz CT molecular complexity index is 500. The number of carbonyl (C=O) groups is 1. The van der Waals surface area contributed by atoms with Crippen LogP contribution in [0, 0.1) is 0 Å². The minimum atomic E-state index is -4.69. The molecule has 1 aliphatic rings. The molecule has 0 spiro atoms. The van der Waals surface area contributed by atoms with Gasteiger partial charge in [0.1, 0.15) is 5.41 Å². The van der Waals surface area contributed by atoms with Gasteiger partial charge in [-0.15, -0.1) is 0 Å². The SMILES string of the molecule is O=C([O-])C1(c2ccc(Cl)cc2)CC(F)(F)C1(F)F. The maximum absolute atomic E-state index is 13.5. The lowest BCUT2D eigenvalue weighted by Crippen LogP contribution is -2.75. The van der Waals surface area contributed by atoms with Gasteiger partial charge in [-0.1, -0.05) is 23.7 Å². The van der Waals surface area contributed by atoms with Crippen molar-refractivity contribution in [2.24, 2.45) is 0 Å². The van der Waals surface area contributed by atoms with E-state index in [0.717, 1.165) is 24.3 Å². The molecule has 7 heteroatoms. The van der Waals surface area contributed by atoms with E-state index in [2.05, 4.69) is 0 Å². The fourth-order valence-electron chi connectivity index (χ4n) is 2.10. The lowest BCUT2D eigenvalue weighted by atomic mass is 9.58. The lowest BCUT2D eigenvalue weighted by molar-refractivity contribution is -0.372. The number of rotatable bonds is 2. The molecule has 0 amide bonds. The topological polar surface area (TPSA) is 40.1 Å². The zero-order chi connectivity index (χ0) is 13.8. The predicted molar refractivity (Wildman–Crippen MR) is 52.6 cm³/mol. The summed E-state index contributed by atoms with van der Waals surface area (Å²) < 4.78 is 52.7. The average molecular weight is 282 g/mol. The zero-order valence-corrected chi connectivity index (χ0v) is 9.48. The van der Waals surface area contributed by atoms with Crippen molar-refractivity contribution in [3.63, 3.8) is 0 Å². The number of aliphatic carboxylic acids is 1. The Kier molecular flexibility index (Phi) is 2.63. The third kappa shape index (κ3) is 1.38. The summed E-state index contributed by atoms with van der Waals surface area (Å²) in [6.07, 6.45) is -1.49. The summed E-state index contributed by atoms with van der Waals surface area (Å²) in [7, 11) is 0. The lowest BCUT2D eigenvalue weighted by Gasteiger charge is -2.54. The molecular weight excluding hydrogens is 276 g/mol. The van der Waals surface area contributed by atoms with Crippen LogP contribution in [-0.4, -0.2) is 17.8 Å².